The monoisotopic (exact) mass is 200 g/mol. The maximum Gasteiger partial charge on any atom is 0.299 e. The molecule has 1 aromatic rings. The number of methoxy groups -OCH3 is 1. The SMILES string of the molecule is COc1nc(C)cc(=O)n1CCCF. The number of ether oxygens (including phenoxy) is 1. The molecule has 5 heteroatoms. The van der Waals surface area contributed by atoms with Gasteiger partial charge in [-0.25, -0.2) is 4.98 Å². The average Bonchev–Trinajstić information content (AvgIpc) is 2.15. The second kappa shape index (κ2) is 4.74. The van der Waals surface area contributed by atoms with Crippen LogP contribution >= 0.6 is 0 Å². The molecule has 0 fully saturated rings. The van der Waals surface area contributed by atoms with E-state index in [1.807, 2.05) is 0 Å². The first-order valence-corrected chi connectivity index (χ1v) is 4.37. The molecule has 0 atom stereocenters. The molecule has 0 spiro atoms. The van der Waals surface area contributed by atoms with Crippen LogP contribution in [-0.2, 0) is 6.54 Å². The summed E-state index contributed by atoms with van der Waals surface area (Å²) in [7, 11) is 1.44. The van der Waals surface area contributed by atoms with E-state index in [1.165, 1.54) is 17.7 Å². The van der Waals surface area contributed by atoms with Gasteiger partial charge in [0.05, 0.1) is 13.8 Å². The molecule has 0 N–H and O–H groups in total. The van der Waals surface area contributed by atoms with Gasteiger partial charge in [0, 0.05) is 18.3 Å². The molecule has 0 amide bonds. The lowest BCUT2D eigenvalue weighted by molar-refractivity contribution is 0.335. The van der Waals surface area contributed by atoms with Gasteiger partial charge < -0.3 is 4.74 Å². The van der Waals surface area contributed by atoms with Gasteiger partial charge in [0.15, 0.2) is 0 Å². The normalized spacial score (nSPS) is 10.2. The van der Waals surface area contributed by atoms with Crippen molar-refractivity contribution in [1.82, 2.24) is 9.55 Å². The third-order valence-electron chi connectivity index (χ3n) is 1.80. The molecular formula is C9H13FN2O2. The molecule has 0 aromatic carbocycles. The van der Waals surface area contributed by atoms with Crippen molar-refractivity contribution in [3.8, 4) is 6.01 Å². The number of hydrogen-bond donors (Lipinski definition) is 0. The average molecular weight is 200 g/mol. The highest BCUT2D eigenvalue weighted by Gasteiger charge is 2.06. The van der Waals surface area contributed by atoms with E-state index in [2.05, 4.69) is 4.98 Å². The number of hydrogen-bond acceptors (Lipinski definition) is 3. The Morgan fingerprint density at radius 2 is 2.36 bits per heavy atom. The Balaban J connectivity index is 3.06. The van der Waals surface area contributed by atoms with E-state index in [0.29, 0.717) is 18.7 Å². The van der Waals surface area contributed by atoms with Gasteiger partial charge in [0.1, 0.15) is 0 Å². The molecule has 78 valence electrons. The Morgan fingerprint density at radius 3 is 2.93 bits per heavy atom. The van der Waals surface area contributed by atoms with Crippen LogP contribution in [0.25, 0.3) is 0 Å². The standard InChI is InChI=1S/C9H13FN2O2/c1-7-6-8(13)12(5-3-4-10)9(11-7)14-2/h6H,3-5H2,1-2H3. The summed E-state index contributed by atoms with van der Waals surface area (Å²) in [6, 6.07) is 1.64. The van der Waals surface area contributed by atoms with Crippen LogP contribution < -0.4 is 10.3 Å². The highest BCUT2D eigenvalue weighted by molar-refractivity contribution is 5.06. The summed E-state index contributed by atoms with van der Waals surface area (Å²) in [6.45, 7) is 1.55. The summed E-state index contributed by atoms with van der Waals surface area (Å²) in [5.74, 6) is 0. The largest absolute Gasteiger partial charge is 0.468 e. The van der Waals surface area contributed by atoms with E-state index in [-0.39, 0.29) is 11.6 Å². The first-order valence-electron chi connectivity index (χ1n) is 4.37. The van der Waals surface area contributed by atoms with Crippen molar-refractivity contribution in [2.45, 2.75) is 19.9 Å². The van der Waals surface area contributed by atoms with Crippen LogP contribution in [0, 0.1) is 6.92 Å². The van der Waals surface area contributed by atoms with Crippen molar-refractivity contribution in [3.05, 3.63) is 22.1 Å². The van der Waals surface area contributed by atoms with Gasteiger partial charge in [-0.1, -0.05) is 0 Å². The van der Waals surface area contributed by atoms with Crippen molar-refractivity contribution in [2.24, 2.45) is 0 Å². The summed E-state index contributed by atoms with van der Waals surface area (Å²) in [4.78, 5) is 15.5. The van der Waals surface area contributed by atoms with Gasteiger partial charge in [-0.3, -0.25) is 13.8 Å². The van der Waals surface area contributed by atoms with E-state index in [9.17, 15) is 9.18 Å². The molecule has 0 saturated heterocycles. The Labute approximate surface area is 81.3 Å². The maximum atomic E-state index is 11.9. The smallest absolute Gasteiger partial charge is 0.299 e. The quantitative estimate of drug-likeness (QED) is 0.726. The molecular weight excluding hydrogens is 187 g/mol. The fourth-order valence-electron chi connectivity index (χ4n) is 1.17. The third-order valence-corrected chi connectivity index (χ3v) is 1.80. The number of aromatic nitrogens is 2. The van der Waals surface area contributed by atoms with Crippen LogP contribution in [0.5, 0.6) is 6.01 Å². The Kier molecular flexibility index (Phi) is 3.62. The van der Waals surface area contributed by atoms with Crippen LogP contribution in [0.15, 0.2) is 10.9 Å². The predicted molar refractivity (Wildman–Crippen MR) is 50.4 cm³/mol. The van der Waals surface area contributed by atoms with Crippen LogP contribution in [-0.4, -0.2) is 23.3 Å². The van der Waals surface area contributed by atoms with Crippen LogP contribution in [0.3, 0.4) is 0 Å². The van der Waals surface area contributed by atoms with Gasteiger partial charge in [-0.2, -0.15) is 0 Å². The van der Waals surface area contributed by atoms with E-state index in [0.717, 1.165) is 0 Å². The number of halogens is 1. The fraction of sp³-hybridized carbons (Fsp3) is 0.556. The zero-order chi connectivity index (χ0) is 10.6. The fourth-order valence-corrected chi connectivity index (χ4v) is 1.17. The lowest BCUT2D eigenvalue weighted by atomic mass is 10.4. The summed E-state index contributed by atoms with van der Waals surface area (Å²) in [5, 5.41) is 0. The highest BCUT2D eigenvalue weighted by Crippen LogP contribution is 2.04. The molecule has 0 radical (unpaired) electrons. The lowest BCUT2D eigenvalue weighted by Crippen LogP contribution is -2.23. The van der Waals surface area contributed by atoms with Crippen molar-refractivity contribution in [1.29, 1.82) is 0 Å². The van der Waals surface area contributed by atoms with Gasteiger partial charge >= 0.3 is 0 Å². The number of rotatable bonds is 4. The summed E-state index contributed by atoms with van der Waals surface area (Å²) < 4.78 is 18.2. The van der Waals surface area contributed by atoms with E-state index in [1.54, 1.807) is 6.92 Å². The first-order chi connectivity index (χ1) is 6.69. The molecule has 1 rings (SSSR count). The Hall–Kier alpha value is -1.39. The Bertz CT molecular complexity index is 362. The van der Waals surface area contributed by atoms with E-state index >= 15 is 0 Å². The predicted octanol–water partition coefficient (Wildman–Crippen LogP) is 0.920. The third kappa shape index (κ3) is 2.31. The zero-order valence-electron chi connectivity index (χ0n) is 8.29. The zero-order valence-corrected chi connectivity index (χ0v) is 8.29. The second-order valence-corrected chi connectivity index (χ2v) is 2.92. The lowest BCUT2D eigenvalue weighted by Gasteiger charge is -2.09. The molecule has 1 aromatic heterocycles. The highest BCUT2D eigenvalue weighted by atomic mass is 19.1. The summed E-state index contributed by atoms with van der Waals surface area (Å²) in [6.07, 6.45) is 0.293. The van der Waals surface area contributed by atoms with Crippen molar-refractivity contribution in [3.63, 3.8) is 0 Å². The summed E-state index contributed by atoms with van der Waals surface area (Å²) in [5.41, 5.74) is 0.395. The van der Waals surface area contributed by atoms with Gasteiger partial charge in [0.25, 0.3) is 11.6 Å². The van der Waals surface area contributed by atoms with Crippen molar-refractivity contribution >= 4 is 0 Å². The topological polar surface area (TPSA) is 44.1 Å². The molecule has 0 bridgehead atoms. The van der Waals surface area contributed by atoms with E-state index < -0.39 is 6.67 Å². The van der Waals surface area contributed by atoms with Gasteiger partial charge in [-0.05, 0) is 13.3 Å². The van der Waals surface area contributed by atoms with Crippen LogP contribution in [0.1, 0.15) is 12.1 Å². The first kappa shape index (κ1) is 10.7. The molecule has 4 nitrogen and oxygen atoms in total. The molecule has 0 aliphatic heterocycles. The number of aryl methyl sites for hydroxylation is 1. The number of nitrogens with zero attached hydrogens (tertiary/aromatic N) is 2. The minimum Gasteiger partial charge on any atom is -0.468 e. The molecule has 1 heterocycles. The minimum absolute atomic E-state index is 0.206. The molecule has 0 saturated carbocycles. The molecule has 0 aliphatic carbocycles. The van der Waals surface area contributed by atoms with Crippen LogP contribution in [0.2, 0.25) is 0 Å². The maximum absolute atomic E-state index is 11.9. The van der Waals surface area contributed by atoms with Crippen molar-refractivity contribution < 1.29 is 9.13 Å². The Morgan fingerprint density at radius 1 is 1.64 bits per heavy atom. The minimum atomic E-state index is -0.455. The van der Waals surface area contributed by atoms with Crippen molar-refractivity contribution in [2.75, 3.05) is 13.8 Å². The van der Waals surface area contributed by atoms with E-state index in [4.69, 9.17) is 4.74 Å². The molecule has 14 heavy (non-hydrogen) atoms. The molecule has 0 unspecified atom stereocenters. The second-order valence-electron chi connectivity index (χ2n) is 2.92. The summed E-state index contributed by atoms with van der Waals surface area (Å²) >= 11 is 0. The van der Waals surface area contributed by atoms with Gasteiger partial charge in [-0.15, -0.1) is 0 Å². The van der Waals surface area contributed by atoms with Gasteiger partial charge in [0.2, 0.25) is 0 Å². The number of alkyl halides is 1. The molecule has 0 aliphatic rings. The van der Waals surface area contributed by atoms with Crippen LogP contribution in [0.4, 0.5) is 4.39 Å².